The molecule has 1 unspecified atom stereocenters. The Morgan fingerprint density at radius 2 is 2.08 bits per heavy atom. The highest BCUT2D eigenvalue weighted by Gasteiger charge is 1.98. The van der Waals surface area contributed by atoms with E-state index in [0.29, 0.717) is 16.9 Å². The number of rotatable bonds is 2. The highest BCUT2D eigenvalue weighted by molar-refractivity contribution is 7.78. The van der Waals surface area contributed by atoms with Crippen LogP contribution in [0.2, 0.25) is 0 Å². The largest absolute Gasteiger partial charge is 0.772 e. The Balaban J connectivity index is 2.93. The summed E-state index contributed by atoms with van der Waals surface area (Å²) in [5.41, 5.74) is 12.5. The second-order valence-electron chi connectivity index (χ2n) is 2.41. The molecule has 0 bridgehead atoms. The second kappa shape index (κ2) is 3.55. The minimum absolute atomic E-state index is 0.0634. The summed E-state index contributed by atoms with van der Waals surface area (Å²) in [5.74, 6) is -0.0634. The third kappa shape index (κ3) is 2.21. The molecular weight excluding hydrogens is 176 g/mol. The van der Waals surface area contributed by atoms with Crippen molar-refractivity contribution in [3.63, 3.8) is 0 Å². The van der Waals surface area contributed by atoms with Crippen LogP contribution in [0.25, 0.3) is 0 Å². The molecule has 1 aromatic rings. The van der Waals surface area contributed by atoms with Gasteiger partial charge >= 0.3 is 0 Å². The van der Waals surface area contributed by atoms with Crippen LogP contribution in [0.1, 0.15) is 5.56 Å². The maximum atomic E-state index is 10.3. The highest BCUT2D eigenvalue weighted by Crippen LogP contribution is 2.16. The van der Waals surface area contributed by atoms with Gasteiger partial charge in [-0.3, -0.25) is 4.21 Å². The molecule has 0 aromatic heterocycles. The lowest BCUT2D eigenvalue weighted by Crippen LogP contribution is -1.99. The Morgan fingerprint density at radius 3 is 2.58 bits per heavy atom. The zero-order valence-electron chi connectivity index (χ0n) is 6.32. The molecule has 0 saturated carbocycles. The Kier molecular flexibility index (Phi) is 2.67. The molecule has 12 heavy (non-hydrogen) atoms. The van der Waals surface area contributed by atoms with Gasteiger partial charge in [-0.1, -0.05) is 17.1 Å². The van der Waals surface area contributed by atoms with Crippen LogP contribution in [0.5, 0.6) is 0 Å². The zero-order valence-corrected chi connectivity index (χ0v) is 7.14. The quantitative estimate of drug-likeness (QED) is 0.509. The van der Waals surface area contributed by atoms with Gasteiger partial charge in [-0.25, -0.2) is 0 Å². The van der Waals surface area contributed by atoms with Gasteiger partial charge in [0.2, 0.25) is 0 Å². The van der Waals surface area contributed by atoms with Crippen molar-refractivity contribution in [1.29, 1.82) is 0 Å². The summed E-state index contributed by atoms with van der Waals surface area (Å²) in [5, 5.41) is 0. The molecule has 1 rings (SSSR count). The number of nitrogens with two attached hydrogens (primary N) is 2. The average Bonchev–Trinajstić information content (AvgIpc) is 1.94. The van der Waals surface area contributed by atoms with Crippen molar-refractivity contribution in [3.8, 4) is 0 Å². The molecule has 66 valence electrons. The van der Waals surface area contributed by atoms with Crippen molar-refractivity contribution >= 4 is 22.5 Å². The third-order valence-electron chi connectivity index (χ3n) is 1.44. The van der Waals surface area contributed by atoms with Crippen molar-refractivity contribution in [2.75, 3.05) is 11.5 Å². The Hall–Kier alpha value is -1.07. The maximum absolute atomic E-state index is 10.3. The average molecular weight is 185 g/mol. The summed E-state index contributed by atoms with van der Waals surface area (Å²) in [6.45, 7) is 0. The lowest BCUT2D eigenvalue weighted by molar-refractivity contribution is 0.536. The lowest BCUT2D eigenvalue weighted by atomic mass is 10.2. The van der Waals surface area contributed by atoms with Gasteiger partial charge in [-0.05, 0) is 17.7 Å². The van der Waals surface area contributed by atoms with E-state index in [-0.39, 0.29) is 5.75 Å². The molecule has 5 heteroatoms. The van der Waals surface area contributed by atoms with Crippen molar-refractivity contribution in [1.82, 2.24) is 0 Å². The van der Waals surface area contributed by atoms with E-state index in [2.05, 4.69) is 0 Å². The molecule has 1 atom stereocenters. The summed E-state index contributed by atoms with van der Waals surface area (Å²) in [7, 11) is 0. The third-order valence-corrected chi connectivity index (χ3v) is 1.99. The number of hydrogen-bond donors (Lipinski definition) is 2. The molecule has 0 aliphatic rings. The van der Waals surface area contributed by atoms with E-state index in [1.54, 1.807) is 18.2 Å². The minimum atomic E-state index is -2.10. The lowest BCUT2D eigenvalue weighted by Gasteiger charge is -2.08. The van der Waals surface area contributed by atoms with Crippen LogP contribution in [-0.4, -0.2) is 8.76 Å². The maximum Gasteiger partial charge on any atom is 0.0376 e. The molecule has 0 aliphatic carbocycles. The van der Waals surface area contributed by atoms with Gasteiger partial charge in [-0.2, -0.15) is 0 Å². The van der Waals surface area contributed by atoms with Crippen LogP contribution in [0.3, 0.4) is 0 Å². The SMILES string of the molecule is Nc1ccc(CS(=O)[O-])c(N)c1. The van der Waals surface area contributed by atoms with Crippen molar-refractivity contribution in [2.24, 2.45) is 0 Å². The molecule has 0 aliphatic heterocycles. The minimum Gasteiger partial charge on any atom is -0.772 e. The first-order chi connectivity index (χ1) is 5.59. The smallest absolute Gasteiger partial charge is 0.0376 e. The predicted octanol–water partition coefficient (Wildman–Crippen LogP) is 0.230. The molecule has 0 amide bonds. The van der Waals surface area contributed by atoms with E-state index in [0.717, 1.165) is 0 Å². The summed E-state index contributed by atoms with van der Waals surface area (Å²) < 4.78 is 20.6. The van der Waals surface area contributed by atoms with Crippen molar-refractivity contribution in [2.45, 2.75) is 5.75 Å². The predicted molar refractivity (Wildman–Crippen MR) is 47.9 cm³/mol. The van der Waals surface area contributed by atoms with Crippen LogP contribution in [0.4, 0.5) is 11.4 Å². The van der Waals surface area contributed by atoms with Crippen molar-refractivity contribution in [3.05, 3.63) is 23.8 Å². The van der Waals surface area contributed by atoms with E-state index in [1.807, 2.05) is 0 Å². The second-order valence-corrected chi connectivity index (χ2v) is 3.30. The first-order valence-electron chi connectivity index (χ1n) is 3.29. The van der Waals surface area contributed by atoms with Crippen LogP contribution in [-0.2, 0) is 16.8 Å². The van der Waals surface area contributed by atoms with Gasteiger partial charge < -0.3 is 16.0 Å². The number of nitrogen functional groups attached to an aromatic ring is 2. The van der Waals surface area contributed by atoms with Gasteiger partial charge in [0.15, 0.2) is 0 Å². The highest BCUT2D eigenvalue weighted by atomic mass is 32.2. The molecule has 0 fully saturated rings. The van der Waals surface area contributed by atoms with E-state index in [9.17, 15) is 8.76 Å². The fourth-order valence-electron chi connectivity index (χ4n) is 0.872. The summed E-state index contributed by atoms with van der Waals surface area (Å²) in [6, 6.07) is 4.78. The molecular formula is C7H9N2O2S-. The van der Waals surface area contributed by atoms with Crippen LogP contribution in [0.15, 0.2) is 18.2 Å². The fraction of sp³-hybridized carbons (Fsp3) is 0.143. The van der Waals surface area contributed by atoms with Crippen LogP contribution in [0, 0.1) is 0 Å². The van der Waals surface area contributed by atoms with Crippen molar-refractivity contribution < 1.29 is 8.76 Å². The number of hydrogen-bond acceptors (Lipinski definition) is 4. The summed E-state index contributed by atoms with van der Waals surface area (Å²) >= 11 is -2.10. The van der Waals surface area contributed by atoms with Crippen LogP contribution < -0.4 is 11.5 Å². The topological polar surface area (TPSA) is 92.2 Å². The summed E-state index contributed by atoms with van der Waals surface area (Å²) in [6.07, 6.45) is 0. The van der Waals surface area contributed by atoms with E-state index in [1.165, 1.54) is 0 Å². The molecule has 1 aromatic carbocycles. The van der Waals surface area contributed by atoms with Crippen LogP contribution >= 0.6 is 0 Å². The molecule has 0 saturated heterocycles. The number of anilines is 2. The standard InChI is InChI=1S/C7H10N2O2S/c8-6-2-1-5(4-12(10)11)7(9)3-6/h1-3H,4,8-9H2,(H,10,11)/p-1. The first-order valence-corrected chi connectivity index (χ1v) is 4.53. The Morgan fingerprint density at radius 1 is 1.42 bits per heavy atom. The molecule has 0 radical (unpaired) electrons. The zero-order chi connectivity index (χ0) is 9.14. The molecule has 0 spiro atoms. The molecule has 4 N–H and O–H groups in total. The molecule has 0 heterocycles. The van der Waals surface area contributed by atoms with E-state index >= 15 is 0 Å². The fourth-order valence-corrected chi connectivity index (χ4v) is 1.39. The van der Waals surface area contributed by atoms with Gasteiger partial charge in [0.1, 0.15) is 0 Å². The number of benzene rings is 1. The monoisotopic (exact) mass is 185 g/mol. The van der Waals surface area contributed by atoms with Gasteiger partial charge in [0, 0.05) is 17.1 Å². The normalized spacial score (nSPS) is 12.8. The van der Waals surface area contributed by atoms with E-state index < -0.39 is 11.1 Å². The van der Waals surface area contributed by atoms with Gasteiger partial charge in [-0.15, -0.1) is 0 Å². The molecule has 4 nitrogen and oxygen atoms in total. The van der Waals surface area contributed by atoms with E-state index in [4.69, 9.17) is 11.5 Å². The summed E-state index contributed by atoms with van der Waals surface area (Å²) in [4.78, 5) is 0. The Bertz CT molecular complexity index is 314. The first kappa shape index (κ1) is 9.02. The van der Waals surface area contributed by atoms with Gasteiger partial charge in [0.05, 0.1) is 0 Å². The van der Waals surface area contributed by atoms with Gasteiger partial charge in [0.25, 0.3) is 0 Å². The Labute approximate surface area is 72.9 Å².